The summed E-state index contributed by atoms with van der Waals surface area (Å²) in [7, 11) is 1.90. The molecule has 18 heavy (non-hydrogen) atoms. The summed E-state index contributed by atoms with van der Waals surface area (Å²) in [5.74, 6) is 0.944. The highest BCUT2D eigenvalue weighted by Crippen LogP contribution is 2.21. The molecule has 2 aliphatic rings. The molecule has 2 aliphatic heterocycles. The predicted molar refractivity (Wildman–Crippen MR) is 71.4 cm³/mol. The number of piperidine rings is 1. The number of hydrogen-bond acceptors (Lipinski definition) is 3. The highest BCUT2D eigenvalue weighted by molar-refractivity contribution is 5.81. The molecule has 2 heterocycles. The van der Waals surface area contributed by atoms with Crippen LogP contribution in [0.2, 0.25) is 0 Å². The predicted octanol–water partition coefficient (Wildman–Crippen LogP) is 1.40. The van der Waals surface area contributed by atoms with Crippen LogP contribution < -0.4 is 5.32 Å². The van der Waals surface area contributed by atoms with Gasteiger partial charge in [-0.2, -0.15) is 0 Å². The summed E-state index contributed by atoms with van der Waals surface area (Å²) in [5.41, 5.74) is 0. The fraction of sp³-hybridized carbons (Fsp3) is 0.929. The van der Waals surface area contributed by atoms with Crippen LogP contribution >= 0.6 is 0 Å². The third kappa shape index (κ3) is 3.45. The van der Waals surface area contributed by atoms with Gasteiger partial charge in [-0.25, -0.2) is 0 Å². The zero-order valence-corrected chi connectivity index (χ0v) is 11.7. The van der Waals surface area contributed by atoms with E-state index in [2.05, 4.69) is 12.2 Å². The number of hydrogen-bond donors (Lipinski definition) is 1. The van der Waals surface area contributed by atoms with E-state index in [0.29, 0.717) is 5.92 Å². The highest BCUT2D eigenvalue weighted by atomic mass is 16.5. The van der Waals surface area contributed by atoms with E-state index < -0.39 is 0 Å². The normalized spacial score (nSPS) is 32.4. The molecule has 1 amide bonds. The average molecular weight is 254 g/mol. The molecule has 0 aliphatic carbocycles. The number of likely N-dealkylation sites (N-methyl/N-ethyl adjacent to an activating group) is 1. The Hall–Kier alpha value is -0.610. The Balaban J connectivity index is 1.81. The molecule has 3 unspecified atom stereocenters. The van der Waals surface area contributed by atoms with Crippen molar-refractivity contribution in [3.05, 3.63) is 0 Å². The number of carbonyl (C=O) groups is 1. The van der Waals surface area contributed by atoms with Crippen LogP contribution in [0, 0.1) is 5.92 Å². The monoisotopic (exact) mass is 254 g/mol. The Morgan fingerprint density at radius 3 is 2.94 bits per heavy atom. The van der Waals surface area contributed by atoms with Crippen molar-refractivity contribution in [3.63, 3.8) is 0 Å². The molecule has 4 heteroatoms. The van der Waals surface area contributed by atoms with Crippen molar-refractivity contribution in [3.8, 4) is 0 Å². The molecule has 0 bridgehead atoms. The van der Waals surface area contributed by atoms with E-state index in [4.69, 9.17) is 4.74 Å². The van der Waals surface area contributed by atoms with Gasteiger partial charge in [0, 0.05) is 20.2 Å². The van der Waals surface area contributed by atoms with Gasteiger partial charge in [0.05, 0.1) is 12.1 Å². The molecule has 2 rings (SSSR count). The molecule has 0 spiro atoms. The Morgan fingerprint density at radius 1 is 1.44 bits per heavy atom. The molecule has 0 aromatic rings. The van der Waals surface area contributed by atoms with E-state index >= 15 is 0 Å². The first-order valence-electron chi connectivity index (χ1n) is 7.30. The van der Waals surface area contributed by atoms with Gasteiger partial charge in [0.15, 0.2) is 0 Å². The van der Waals surface area contributed by atoms with Crippen LogP contribution in [0.1, 0.15) is 39.0 Å². The second-order valence-corrected chi connectivity index (χ2v) is 5.66. The number of nitrogens with zero attached hydrogens (tertiary/aromatic N) is 1. The van der Waals surface area contributed by atoms with Crippen molar-refractivity contribution in [2.75, 3.05) is 26.7 Å². The molecule has 2 fully saturated rings. The quantitative estimate of drug-likeness (QED) is 0.824. The summed E-state index contributed by atoms with van der Waals surface area (Å²) in [6, 6.07) is 0.0232. The zero-order valence-electron chi connectivity index (χ0n) is 11.7. The molecule has 3 atom stereocenters. The van der Waals surface area contributed by atoms with Gasteiger partial charge >= 0.3 is 0 Å². The lowest BCUT2D eigenvalue weighted by atomic mass is 9.90. The SMILES string of the molecule is CCC1CCNC(C(=O)N(C)CC2CCCO2)C1. The van der Waals surface area contributed by atoms with Crippen LogP contribution in [0.3, 0.4) is 0 Å². The maximum absolute atomic E-state index is 12.4. The molecule has 104 valence electrons. The molecule has 0 radical (unpaired) electrons. The summed E-state index contributed by atoms with van der Waals surface area (Å²) < 4.78 is 5.59. The van der Waals surface area contributed by atoms with Gasteiger partial charge in [-0.3, -0.25) is 4.79 Å². The van der Waals surface area contributed by atoms with Crippen LogP contribution in [-0.2, 0) is 9.53 Å². The zero-order chi connectivity index (χ0) is 13.0. The van der Waals surface area contributed by atoms with Crippen molar-refractivity contribution in [2.24, 2.45) is 5.92 Å². The van der Waals surface area contributed by atoms with Crippen LogP contribution in [-0.4, -0.2) is 49.7 Å². The molecule has 0 saturated carbocycles. The molecule has 2 saturated heterocycles. The van der Waals surface area contributed by atoms with E-state index in [9.17, 15) is 4.79 Å². The molecule has 0 aromatic carbocycles. The summed E-state index contributed by atoms with van der Waals surface area (Å²) >= 11 is 0. The lowest BCUT2D eigenvalue weighted by Crippen LogP contribution is -2.50. The molecular weight excluding hydrogens is 228 g/mol. The highest BCUT2D eigenvalue weighted by Gasteiger charge is 2.29. The number of rotatable bonds is 4. The number of amides is 1. The van der Waals surface area contributed by atoms with Crippen molar-refractivity contribution >= 4 is 5.91 Å². The Morgan fingerprint density at radius 2 is 2.28 bits per heavy atom. The van der Waals surface area contributed by atoms with E-state index in [1.807, 2.05) is 11.9 Å². The van der Waals surface area contributed by atoms with Crippen molar-refractivity contribution in [2.45, 2.75) is 51.2 Å². The second kappa shape index (κ2) is 6.53. The Labute approximate surface area is 110 Å². The first-order valence-corrected chi connectivity index (χ1v) is 7.30. The number of carbonyl (C=O) groups excluding carboxylic acids is 1. The second-order valence-electron chi connectivity index (χ2n) is 5.66. The first-order chi connectivity index (χ1) is 8.70. The standard InChI is InChI=1S/C14H26N2O2/c1-3-11-6-7-15-13(9-11)14(17)16(2)10-12-5-4-8-18-12/h11-13,15H,3-10H2,1-2H3. The topological polar surface area (TPSA) is 41.6 Å². The van der Waals surface area contributed by atoms with Crippen LogP contribution in [0.15, 0.2) is 0 Å². The number of ether oxygens (including phenoxy) is 1. The molecule has 4 nitrogen and oxygen atoms in total. The van der Waals surface area contributed by atoms with Crippen LogP contribution in [0.4, 0.5) is 0 Å². The minimum absolute atomic E-state index is 0.0232. The van der Waals surface area contributed by atoms with E-state index in [1.165, 1.54) is 12.8 Å². The smallest absolute Gasteiger partial charge is 0.239 e. The number of nitrogens with one attached hydrogen (secondary N) is 1. The average Bonchev–Trinajstić information content (AvgIpc) is 2.90. The largest absolute Gasteiger partial charge is 0.376 e. The lowest BCUT2D eigenvalue weighted by Gasteiger charge is -2.32. The Kier molecular flexibility index (Phi) is 5.01. The van der Waals surface area contributed by atoms with E-state index in [0.717, 1.165) is 39.0 Å². The Bertz CT molecular complexity index is 277. The fourth-order valence-corrected chi connectivity index (χ4v) is 3.00. The van der Waals surface area contributed by atoms with Crippen LogP contribution in [0.5, 0.6) is 0 Å². The van der Waals surface area contributed by atoms with Crippen LogP contribution in [0.25, 0.3) is 0 Å². The van der Waals surface area contributed by atoms with Gasteiger partial charge < -0.3 is 15.0 Å². The summed E-state index contributed by atoms with van der Waals surface area (Å²) in [4.78, 5) is 14.2. The van der Waals surface area contributed by atoms with Gasteiger partial charge in [0.25, 0.3) is 0 Å². The van der Waals surface area contributed by atoms with Crippen molar-refractivity contribution in [1.29, 1.82) is 0 Å². The minimum Gasteiger partial charge on any atom is -0.376 e. The summed E-state index contributed by atoms with van der Waals surface area (Å²) in [5, 5.41) is 3.36. The summed E-state index contributed by atoms with van der Waals surface area (Å²) in [6.45, 7) is 4.79. The third-order valence-corrected chi connectivity index (χ3v) is 4.27. The molecular formula is C14H26N2O2. The van der Waals surface area contributed by atoms with Gasteiger partial charge in [-0.1, -0.05) is 13.3 Å². The fourth-order valence-electron chi connectivity index (χ4n) is 3.00. The summed E-state index contributed by atoms with van der Waals surface area (Å²) in [6.07, 6.45) is 5.85. The lowest BCUT2D eigenvalue weighted by molar-refractivity contribution is -0.134. The first kappa shape index (κ1) is 13.8. The van der Waals surface area contributed by atoms with E-state index in [1.54, 1.807) is 0 Å². The maximum Gasteiger partial charge on any atom is 0.239 e. The van der Waals surface area contributed by atoms with Gasteiger partial charge in [-0.15, -0.1) is 0 Å². The van der Waals surface area contributed by atoms with Gasteiger partial charge in [-0.05, 0) is 38.1 Å². The van der Waals surface area contributed by atoms with Crippen molar-refractivity contribution < 1.29 is 9.53 Å². The van der Waals surface area contributed by atoms with Crippen molar-refractivity contribution in [1.82, 2.24) is 10.2 Å². The van der Waals surface area contributed by atoms with Gasteiger partial charge in [0.1, 0.15) is 0 Å². The molecule has 1 N–H and O–H groups in total. The molecule has 0 aromatic heterocycles. The van der Waals surface area contributed by atoms with E-state index in [-0.39, 0.29) is 18.1 Å². The maximum atomic E-state index is 12.4. The van der Waals surface area contributed by atoms with Gasteiger partial charge in [0.2, 0.25) is 5.91 Å². The minimum atomic E-state index is 0.0232. The third-order valence-electron chi connectivity index (χ3n) is 4.27.